The Hall–Kier alpha value is -3.48. The van der Waals surface area contributed by atoms with E-state index in [-0.39, 0.29) is 12.2 Å². The number of ether oxygens (including phenoxy) is 3. The Morgan fingerprint density at radius 1 is 1.03 bits per heavy atom. The number of hydrogen-bond donors (Lipinski definition) is 2. The van der Waals surface area contributed by atoms with Crippen molar-refractivity contribution in [3.05, 3.63) is 64.4 Å². The average molecular weight is 410 g/mol. The summed E-state index contributed by atoms with van der Waals surface area (Å²) in [5.41, 5.74) is -0.444. The molecule has 30 heavy (non-hydrogen) atoms. The molecule has 0 saturated heterocycles. The third-order valence-electron chi connectivity index (χ3n) is 4.23. The van der Waals surface area contributed by atoms with Gasteiger partial charge in [0.2, 0.25) is 0 Å². The van der Waals surface area contributed by atoms with Gasteiger partial charge in [0.05, 0.1) is 12.6 Å². The molecule has 0 saturated carbocycles. The number of aromatic amines is 1. The minimum atomic E-state index is -0.497. The van der Waals surface area contributed by atoms with E-state index in [9.17, 15) is 9.59 Å². The number of amides is 1. The van der Waals surface area contributed by atoms with E-state index in [1.807, 2.05) is 51.1 Å². The van der Waals surface area contributed by atoms with Crippen molar-refractivity contribution in [1.29, 1.82) is 0 Å². The minimum Gasteiger partial charge on any atom is -0.493 e. The fourth-order valence-electron chi connectivity index (χ4n) is 2.93. The van der Waals surface area contributed by atoms with Crippen LogP contribution in [0.5, 0.6) is 17.2 Å². The summed E-state index contributed by atoms with van der Waals surface area (Å²) in [7, 11) is 1.53. The van der Waals surface area contributed by atoms with Crippen LogP contribution in [0.15, 0.2) is 53.3 Å². The average Bonchev–Trinajstić information content (AvgIpc) is 2.70. The minimum absolute atomic E-state index is 0.0425. The van der Waals surface area contributed by atoms with E-state index in [4.69, 9.17) is 14.2 Å². The number of benzene rings is 2. The number of pyridine rings is 1. The molecule has 0 fully saturated rings. The molecule has 2 N–H and O–H groups in total. The molecule has 0 aliphatic carbocycles. The second kappa shape index (κ2) is 8.90. The third-order valence-corrected chi connectivity index (χ3v) is 4.23. The molecule has 0 aliphatic heterocycles. The maximum absolute atomic E-state index is 12.6. The van der Waals surface area contributed by atoms with Crippen LogP contribution in [0.1, 0.15) is 31.1 Å². The highest BCUT2D eigenvalue weighted by Crippen LogP contribution is 2.34. The van der Waals surface area contributed by atoms with E-state index < -0.39 is 17.0 Å². The van der Waals surface area contributed by atoms with Crippen LogP contribution in [0.4, 0.5) is 0 Å². The van der Waals surface area contributed by atoms with Gasteiger partial charge in [-0.25, -0.2) is 0 Å². The molecular weight excluding hydrogens is 384 g/mol. The Morgan fingerprint density at radius 3 is 2.40 bits per heavy atom. The molecule has 3 aromatic rings. The number of methoxy groups -OCH3 is 1. The zero-order valence-electron chi connectivity index (χ0n) is 17.6. The molecule has 3 rings (SSSR count). The van der Waals surface area contributed by atoms with E-state index in [2.05, 4.69) is 10.3 Å². The molecule has 1 heterocycles. The van der Waals surface area contributed by atoms with Gasteiger partial charge in [-0.2, -0.15) is 0 Å². The first-order chi connectivity index (χ1) is 14.3. The standard InChI is InChI=1S/C23H26N2O5/c1-23(2,3)25-22(27)17-14-15-10-11-18(28-4)20(19(15)24-21(17)26)30-13-12-29-16-8-6-5-7-9-16/h5-11,14H,12-13H2,1-4H3,(H,24,26)(H,25,27). The van der Waals surface area contributed by atoms with Gasteiger partial charge >= 0.3 is 0 Å². The summed E-state index contributed by atoms with van der Waals surface area (Å²) in [5.74, 6) is 1.19. The third kappa shape index (κ3) is 5.11. The maximum Gasteiger partial charge on any atom is 0.261 e. The van der Waals surface area contributed by atoms with Gasteiger partial charge in [0.25, 0.3) is 11.5 Å². The number of fused-ring (bicyclic) bond motifs is 1. The number of carbonyl (C=O) groups is 1. The predicted molar refractivity (Wildman–Crippen MR) is 116 cm³/mol. The highest BCUT2D eigenvalue weighted by molar-refractivity contribution is 5.98. The normalized spacial score (nSPS) is 11.2. The largest absolute Gasteiger partial charge is 0.493 e. The van der Waals surface area contributed by atoms with Crippen LogP contribution in [0.3, 0.4) is 0 Å². The summed E-state index contributed by atoms with van der Waals surface area (Å²) in [4.78, 5) is 27.8. The van der Waals surface area contributed by atoms with Crippen molar-refractivity contribution in [3.63, 3.8) is 0 Å². The molecule has 158 valence electrons. The molecule has 1 amide bonds. The van der Waals surface area contributed by atoms with Gasteiger partial charge in [0.15, 0.2) is 11.5 Å². The highest BCUT2D eigenvalue weighted by atomic mass is 16.5. The SMILES string of the molecule is COc1ccc2cc(C(=O)NC(C)(C)C)c(=O)[nH]c2c1OCCOc1ccccc1. The summed E-state index contributed by atoms with van der Waals surface area (Å²) >= 11 is 0. The Kier molecular flexibility index (Phi) is 6.30. The Morgan fingerprint density at radius 2 is 1.73 bits per heavy atom. The molecule has 7 nitrogen and oxygen atoms in total. The zero-order valence-corrected chi connectivity index (χ0v) is 17.6. The van der Waals surface area contributed by atoms with Gasteiger partial charge in [-0.15, -0.1) is 0 Å². The summed E-state index contributed by atoms with van der Waals surface area (Å²) in [6.07, 6.45) is 0. The molecule has 0 spiro atoms. The Balaban J connectivity index is 1.85. The lowest BCUT2D eigenvalue weighted by Crippen LogP contribution is -2.42. The second-order valence-corrected chi connectivity index (χ2v) is 7.79. The number of para-hydroxylation sites is 1. The number of H-pyrrole nitrogens is 1. The topological polar surface area (TPSA) is 89.7 Å². The van der Waals surface area contributed by atoms with Crippen molar-refractivity contribution in [2.75, 3.05) is 20.3 Å². The van der Waals surface area contributed by atoms with Crippen LogP contribution in [-0.4, -0.2) is 36.8 Å². The van der Waals surface area contributed by atoms with E-state index >= 15 is 0 Å². The number of hydrogen-bond acceptors (Lipinski definition) is 5. The molecule has 1 aromatic heterocycles. The van der Waals surface area contributed by atoms with Gasteiger partial charge in [-0.3, -0.25) is 9.59 Å². The maximum atomic E-state index is 12.6. The van der Waals surface area contributed by atoms with Crippen molar-refractivity contribution in [2.24, 2.45) is 0 Å². The van der Waals surface area contributed by atoms with Gasteiger partial charge < -0.3 is 24.5 Å². The zero-order chi connectivity index (χ0) is 21.7. The quantitative estimate of drug-likeness (QED) is 0.582. The number of nitrogens with one attached hydrogen (secondary N) is 2. The lowest BCUT2D eigenvalue weighted by Gasteiger charge is -2.20. The number of aromatic nitrogens is 1. The fourth-order valence-corrected chi connectivity index (χ4v) is 2.93. The van der Waals surface area contributed by atoms with Gasteiger partial charge in [0.1, 0.15) is 24.5 Å². The van der Waals surface area contributed by atoms with Crippen molar-refractivity contribution in [1.82, 2.24) is 10.3 Å². The van der Waals surface area contributed by atoms with E-state index in [1.54, 1.807) is 18.2 Å². The van der Waals surface area contributed by atoms with Crippen LogP contribution in [0.25, 0.3) is 10.9 Å². The molecular formula is C23H26N2O5. The first-order valence-electron chi connectivity index (χ1n) is 9.65. The van der Waals surface area contributed by atoms with E-state index in [1.165, 1.54) is 7.11 Å². The monoisotopic (exact) mass is 410 g/mol. The molecule has 2 aromatic carbocycles. The van der Waals surface area contributed by atoms with Crippen LogP contribution in [-0.2, 0) is 0 Å². The van der Waals surface area contributed by atoms with Crippen LogP contribution >= 0.6 is 0 Å². The predicted octanol–water partition coefficient (Wildman–Crippen LogP) is 3.52. The van der Waals surface area contributed by atoms with Crippen molar-refractivity contribution in [3.8, 4) is 17.2 Å². The van der Waals surface area contributed by atoms with Crippen molar-refractivity contribution < 1.29 is 19.0 Å². The summed E-state index contributed by atoms with van der Waals surface area (Å²) < 4.78 is 16.9. The second-order valence-electron chi connectivity index (χ2n) is 7.79. The molecule has 0 aliphatic rings. The van der Waals surface area contributed by atoms with E-state index in [0.29, 0.717) is 29.0 Å². The highest BCUT2D eigenvalue weighted by Gasteiger charge is 2.20. The Labute approximate surface area is 175 Å². The van der Waals surface area contributed by atoms with Crippen molar-refractivity contribution >= 4 is 16.8 Å². The molecule has 0 radical (unpaired) electrons. The first kappa shape index (κ1) is 21.2. The lowest BCUT2D eigenvalue weighted by atomic mass is 10.1. The van der Waals surface area contributed by atoms with E-state index in [0.717, 1.165) is 5.75 Å². The number of rotatable bonds is 7. The smallest absolute Gasteiger partial charge is 0.261 e. The molecule has 0 bridgehead atoms. The Bertz CT molecular complexity index is 1080. The fraction of sp³-hybridized carbons (Fsp3) is 0.304. The summed E-state index contributed by atoms with van der Waals surface area (Å²) in [5, 5.41) is 3.46. The molecule has 0 atom stereocenters. The first-order valence-corrected chi connectivity index (χ1v) is 9.65. The van der Waals surface area contributed by atoms with Gasteiger partial charge in [-0.05, 0) is 51.1 Å². The molecule has 0 unspecified atom stereocenters. The molecule has 7 heteroatoms. The van der Waals surface area contributed by atoms with Crippen LogP contribution < -0.4 is 25.1 Å². The van der Waals surface area contributed by atoms with Crippen LogP contribution in [0, 0.1) is 0 Å². The number of carbonyl (C=O) groups excluding carboxylic acids is 1. The lowest BCUT2D eigenvalue weighted by molar-refractivity contribution is 0.0918. The summed E-state index contributed by atoms with van der Waals surface area (Å²) in [6.45, 7) is 6.13. The van der Waals surface area contributed by atoms with Crippen LogP contribution in [0.2, 0.25) is 0 Å². The summed E-state index contributed by atoms with van der Waals surface area (Å²) in [6, 6.07) is 14.5. The van der Waals surface area contributed by atoms with Crippen molar-refractivity contribution in [2.45, 2.75) is 26.3 Å². The van der Waals surface area contributed by atoms with Gasteiger partial charge in [-0.1, -0.05) is 18.2 Å². The van der Waals surface area contributed by atoms with Gasteiger partial charge in [0, 0.05) is 10.9 Å².